The molecule has 4 atom stereocenters. The second kappa shape index (κ2) is 9.91. The molecule has 0 spiro atoms. The van der Waals surface area contributed by atoms with E-state index in [2.05, 4.69) is 10.3 Å². The summed E-state index contributed by atoms with van der Waals surface area (Å²) in [6.07, 6.45) is -0.529. The lowest BCUT2D eigenvalue weighted by Crippen LogP contribution is -2.56. The lowest BCUT2D eigenvalue weighted by atomic mass is 9.74. The molecular formula is C25H36N4O3S. The number of rotatable bonds is 7. The van der Waals surface area contributed by atoms with Crippen LogP contribution in [0.1, 0.15) is 58.3 Å². The Morgan fingerprint density at radius 2 is 1.88 bits per heavy atom. The monoisotopic (exact) mass is 472 g/mol. The number of aliphatic hydroxyl groups is 1. The fraction of sp³-hybridized carbons (Fsp3) is 0.560. The summed E-state index contributed by atoms with van der Waals surface area (Å²) in [4.78, 5) is 33.2. The highest BCUT2D eigenvalue weighted by molar-refractivity contribution is 7.13. The standard InChI is InChI=1S/C25H36N4O3S/c1-14(2)25(5,6)22(26)24(32)29-12-19(30)11-20(29)23(31)28-15(3)17-7-9-18(10-8-17)21-16(4)27-13-33-21/h7-10,13-15,19-20,22,30H,11-12,26H2,1-6H3,(H,28,31)/t15-,19+,20-,22-/m0/s1. The van der Waals surface area contributed by atoms with E-state index < -0.39 is 23.6 Å². The number of nitrogens with two attached hydrogens (primary N) is 1. The zero-order valence-electron chi connectivity index (χ0n) is 20.3. The molecule has 1 saturated heterocycles. The Balaban J connectivity index is 1.70. The molecule has 1 fully saturated rings. The number of benzene rings is 1. The Labute approximate surface area is 200 Å². The number of aliphatic hydroxyl groups excluding tert-OH is 1. The molecule has 0 unspecified atom stereocenters. The zero-order chi connectivity index (χ0) is 24.5. The topological polar surface area (TPSA) is 109 Å². The van der Waals surface area contributed by atoms with Crippen molar-refractivity contribution in [2.24, 2.45) is 17.1 Å². The Morgan fingerprint density at radius 1 is 1.24 bits per heavy atom. The molecular weight excluding hydrogens is 436 g/mol. The van der Waals surface area contributed by atoms with Crippen molar-refractivity contribution in [3.8, 4) is 10.4 Å². The molecule has 7 nitrogen and oxygen atoms in total. The highest BCUT2D eigenvalue weighted by atomic mass is 32.1. The number of hydrogen-bond acceptors (Lipinski definition) is 6. The van der Waals surface area contributed by atoms with Gasteiger partial charge >= 0.3 is 0 Å². The molecule has 1 aliphatic heterocycles. The van der Waals surface area contributed by atoms with Gasteiger partial charge in [0.1, 0.15) is 6.04 Å². The predicted molar refractivity (Wildman–Crippen MR) is 132 cm³/mol. The normalized spacial score (nSPS) is 20.7. The Morgan fingerprint density at radius 3 is 2.42 bits per heavy atom. The molecule has 180 valence electrons. The van der Waals surface area contributed by atoms with E-state index in [-0.39, 0.29) is 36.7 Å². The van der Waals surface area contributed by atoms with Crippen LogP contribution in [0.15, 0.2) is 29.8 Å². The van der Waals surface area contributed by atoms with Crippen LogP contribution in [-0.4, -0.2) is 51.5 Å². The van der Waals surface area contributed by atoms with E-state index in [1.165, 1.54) is 4.90 Å². The van der Waals surface area contributed by atoms with Gasteiger partial charge in [0.25, 0.3) is 0 Å². The average Bonchev–Trinajstić information content (AvgIpc) is 3.38. The lowest BCUT2D eigenvalue weighted by Gasteiger charge is -2.37. The highest BCUT2D eigenvalue weighted by Crippen LogP contribution is 2.32. The number of amides is 2. The van der Waals surface area contributed by atoms with E-state index in [4.69, 9.17) is 5.73 Å². The molecule has 0 bridgehead atoms. The van der Waals surface area contributed by atoms with Crippen LogP contribution in [0.25, 0.3) is 10.4 Å². The number of nitrogens with one attached hydrogen (secondary N) is 1. The molecule has 1 aliphatic rings. The second-order valence-corrected chi connectivity index (χ2v) is 10.8. The minimum absolute atomic E-state index is 0.121. The van der Waals surface area contributed by atoms with Crippen LogP contribution in [0.2, 0.25) is 0 Å². The van der Waals surface area contributed by atoms with Gasteiger partial charge in [-0.05, 0) is 36.3 Å². The van der Waals surface area contributed by atoms with Gasteiger partial charge in [-0.3, -0.25) is 9.59 Å². The van der Waals surface area contributed by atoms with Crippen molar-refractivity contribution in [3.63, 3.8) is 0 Å². The van der Waals surface area contributed by atoms with Crippen molar-refractivity contribution in [1.29, 1.82) is 0 Å². The highest BCUT2D eigenvalue weighted by Gasteiger charge is 2.44. The molecule has 1 aromatic heterocycles. The average molecular weight is 473 g/mol. The largest absolute Gasteiger partial charge is 0.391 e. The maximum Gasteiger partial charge on any atom is 0.243 e. The summed E-state index contributed by atoms with van der Waals surface area (Å²) in [7, 11) is 0. The molecule has 8 heteroatoms. The van der Waals surface area contributed by atoms with Gasteiger partial charge < -0.3 is 21.1 Å². The van der Waals surface area contributed by atoms with Crippen molar-refractivity contribution >= 4 is 23.2 Å². The summed E-state index contributed by atoms with van der Waals surface area (Å²) in [5.74, 6) is -0.375. The van der Waals surface area contributed by atoms with Gasteiger partial charge in [-0.15, -0.1) is 11.3 Å². The first kappa shape index (κ1) is 25.3. The van der Waals surface area contributed by atoms with Crippen LogP contribution in [0.5, 0.6) is 0 Å². The third-order valence-corrected chi connectivity index (χ3v) is 8.18. The van der Waals surface area contributed by atoms with Gasteiger partial charge in [0, 0.05) is 13.0 Å². The number of thiazole rings is 1. The molecule has 0 saturated carbocycles. The van der Waals surface area contributed by atoms with Crippen LogP contribution in [-0.2, 0) is 9.59 Å². The van der Waals surface area contributed by atoms with Crippen molar-refractivity contribution in [3.05, 3.63) is 41.0 Å². The first-order valence-corrected chi connectivity index (χ1v) is 12.4. The Bertz CT molecular complexity index is 986. The van der Waals surface area contributed by atoms with E-state index in [0.29, 0.717) is 0 Å². The molecule has 3 rings (SSSR count). The zero-order valence-corrected chi connectivity index (χ0v) is 21.1. The first-order valence-electron chi connectivity index (χ1n) is 11.5. The summed E-state index contributed by atoms with van der Waals surface area (Å²) in [6, 6.07) is 6.31. The second-order valence-electron chi connectivity index (χ2n) is 9.97. The fourth-order valence-corrected chi connectivity index (χ4v) is 4.87. The van der Waals surface area contributed by atoms with Crippen LogP contribution in [0.4, 0.5) is 0 Å². The molecule has 0 radical (unpaired) electrons. The number of carbonyl (C=O) groups is 2. The van der Waals surface area contributed by atoms with E-state index in [1.807, 2.05) is 71.3 Å². The third-order valence-electron chi connectivity index (χ3n) is 7.20. The first-order chi connectivity index (χ1) is 15.4. The van der Waals surface area contributed by atoms with Crippen LogP contribution in [0.3, 0.4) is 0 Å². The van der Waals surface area contributed by atoms with Crippen LogP contribution in [0, 0.1) is 18.3 Å². The quantitative estimate of drug-likeness (QED) is 0.573. The molecule has 33 heavy (non-hydrogen) atoms. The van der Waals surface area contributed by atoms with Crippen LogP contribution < -0.4 is 11.1 Å². The van der Waals surface area contributed by atoms with Crippen molar-refractivity contribution in [2.75, 3.05) is 6.54 Å². The summed E-state index contributed by atoms with van der Waals surface area (Å²) in [5.41, 5.74) is 10.8. The van der Waals surface area contributed by atoms with Crippen molar-refractivity contribution < 1.29 is 14.7 Å². The van der Waals surface area contributed by atoms with Gasteiger partial charge in [0.15, 0.2) is 0 Å². The van der Waals surface area contributed by atoms with Gasteiger partial charge in [0.05, 0.1) is 34.3 Å². The lowest BCUT2D eigenvalue weighted by molar-refractivity contribution is -0.142. The minimum Gasteiger partial charge on any atom is -0.391 e. The van der Waals surface area contributed by atoms with E-state index in [1.54, 1.807) is 11.3 Å². The number of nitrogens with zero attached hydrogens (tertiary/aromatic N) is 2. The number of β-amino-alcohol motifs (C(OH)–C–C–N with tert-alkyl or cyclic N) is 1. The SMILES string of the molecule is Cc1ncsc1-c1ccc([C@H](C)NC(=O)[C@@H]2C[C@@H](O)CN2C(=O)[C@H](N)C(C)(C)C(C)C)cc1. The summed E-state index contributed by atoms with van der Waals surface area (Å²) >= 11 is 1.60. The van der Waals surface area contributed by atoms with Crippen LogP contribution >= 0.6 is 11.3 Å². The predicted octanol–water partition coefficient (Wildman–Crippen LogP) is 3.27. The maximum absolute atomic E-state index is 13.2. The van der Waals surface area contributed by atoms with Gasteiger partial charge in [-0.2, -0.15) is 0 Å². The van der Waals surface area contributed by atoms with E-state index in [9.17, 15) is 14.7 Å². The van der Waals surface area contributed by atoms with Gasteiger partial charge in [-0.25, -0.2) is 4.98 Å². The fourth-order valence-electron chi connectivity index (χ4n) is 4.06. The Hall–Kier alpha value is -2.29. The number of carbonyl (C=O) groups excluding carboxylic acids is 2. The third kappa shape index (κ3) is 5.28. The smallest absolute Gasteiger partial charge is 0.243 e. The molecule has 2 heterocycles. The van der Waals surface area contributed by atoms with Gasteiger partial charge in [0.2, 0.25) is 11.8 Å². The molecule has 1 aromatic carbocycles. The van der Waals surface area contributed by atoms with E-state index >= 15 is 0 Å². The van der Waals surface area contributed by atoms with Gasteiger partial charge in [-0.1, -0.05) is 52.0 Å². The molecule has 2 aromatic rings. The minimum atomic E-state index is -0.752. The summed E-state index contributed by atoms with van der Waals surface area (Å²) < 4.78 is 0. The molecule has 4 N–H and O–H groups in total. The number of aryl methyl sites for hydroxylation is 1. The van der Waals surface area contributed by atoms with E-state index in [0.717, 1.165) is 21.7 Å². The maximum atomic E-state index is 13.2. The summed E-state index contributed by atoms with van der Waals surface area (Å²) in [5, 5.41) is 13.3. The van der Waals surface area contributed by atoms with Crippen molar-refractivity contribution in [1.82, 2.24) is 15.2 Å². The Kier molecular flexibility index (Phi) is 7.61. The molecule has 0 aliphatic carbocycles. The summed E-state index contributed by atoms with van der Waals surface area (Å²) in [6.45, 7) is 12.0. The molecule has 2 amide bonds. The number of likely N-dealkylation sites (tertiary alicyclic amines) is 1. The number of hydrogen-bond donors (Lipinski definition) is 3. The number of aromatic nitrogens is 1. The van der Waals surface area contributed by atoms with Crippen molar-refractivity contribution in [2.45, 2.75) is 72.2 Å².